The van der Waals surface area contributed by atoms with Crippen LogP contribution < -0.4 is 0 Å². The summed E-state index contributed by atoms with van der Waals surface area (Å²) in [6.45, 7) is 3.25. The number of ether oxygens (including phenoxy) is 3. The molecule has 0 aromatic carbocycles. The molecule has 0 amide bonds. The molecule has 2 unspecified atom stereocenters. The highest BCUT2D eigenvalue weighted by Crippen LogP contribution is 2.41. The molecule has 0 N–H and O–H groups in total. The second-order valence-corrected chi connectivity index (χ2v) is 5.45. The Bertz CT molecular complexity index is 401. The number of esters is 2. The number of hydrogen-bond donors (Lipinski definition) is 0. The zero-order chi connectivity index (χ0) is 14.6. The molecule has 1 aliphatic rings. The van der Waals surface area contributed by atoms with Crippen LogP contribution in [0.15, 0.2) is 10.1 Å². The van der Waals surface area contributed by atoms with Gasteiger partial charge in [-0.05, 0) is 22.4 Å². The van der Waals surface area contributed by atoms with Gasteiger partial charge in [-0.3, -0.25) is 4.79 Å². The Labute approximate surface area is 128 Å². The van der Waals surface area contributed by atoms with E-state index in [4.69, 9.17) is 14.2 Å². The van der Waals surface area contributed by atoms with E-state index in [2.05, 4.69) is 31.9 Å². The minimum Gasteiger partial charge on any atom is -0.457 e. The Kier molecular flexibility index (Phi) is 6.01. The zero-order valence-corrected chi connectivity index (χ0v) is 14.2. The van der Waals surface area contributed by atoms with E-state index in [1.165, 1.54) is 14.0 Å². The van der Waals surface area contributed by atoms with Gasteiger partial charge in [0.2, 0.25) is 0 Å². The molecule has 2 atom stereocenters. The summed E-state index contributed by atoms with van der Waals surface area (Å²) in [5.74, 6) is -2.15. The molecule has 0 radical (unpaired) electrons. The summed E-state index contributed by atoms with van der Waals surface area (Å²) in [6, 6.07) is 0. The van der Waals surface area contributed by atoms with Crippen molar-refractivity contribution in [1.82, 2.24) is 0 Å². The summed E-state index contributed by atoms with van der Waals surface area (Å²) in [6.07, 6.45) is 0.685. The fourth-order valence-electron chi connectivity index (χ4n) is 1.81. The molecule has 5 nitrogen and oxygen atoms in total. The summed E-state index contributed by atoms with van der Waals surface area (Å²) in [7, 11) is 1.44. The minimum atomic E-state index is -1.18. The quantitative estimate of drug-likeness (QED) is 0.507. The highest BCUT2D eigenvalue weighted by Gasteiger charge is 2.49. The van der Waals surface area contributed by atoms with Gasteiger partial charge >= 0.3 is 11.9 Å². The topological polar surface area (TPSA) is 61.8 Å². The first kappa shape index (κ1) is 16.7. The van der Waals surface area contributed by atoms with Crippen molar-refractivity contribution in [3.63, 3.8) is 0 Å². The standard InChI is InChI=1S/C12H16Br2O5/c1-4-5-8(18-7(2)15)9-10(14)12(6-13,17-3)19-11(9)16/h8H,4-6H2,1-3H3. The van der Waals surface area contributed by atoms with Crippen molar-refractivity contribution in [2.45, 2.75) is 38.6 Å². The molecule has 0 bridgehead atoms. The van der Waals surface area contributed by atoms with Gasteiger partial charge in [-0.1, -0.05) is 29.3 Å². The van der Waals surface area contributed by atoms with Crippen molar-refractivity contribution in [1.29, 1.82) is 0 Å². The summed E-state index contributed by atoms with van der Waals surface area (Å²) < 4.78 is 16.2. The van der Waals surface area contributed by atoms with E-state index in [1.54, 1.807) is 0 Å². The van der Waals surface area contributed by atoms with Gasteiger partial charge in [0.1, 0.15) is 6.10 Å². The van der Waals surface area contributed by atoms with E-state index in [9.17, 15) is 9.59 Å². The molecule has 7 heteroatoms. The van der Waals surface area contributed by atoms with Crippen molar-refractivity contribution >= 4 is 43.8 Å². The van der Waals surface area contributed by atoms with Crippen molar-refractivity contribution < 1.29 is 23.8 Å². The lowest BCUT2D eigenvalue weighted by Gasteiger charge is -2.24. The van der Waals surface area contributed by atoms with Crippen molar-refractivity contribution in [2.75, 3.05) is 12.4 Å². The molecular weight excluding hydrogens is 384 g/mol. The first-order valence-electron chi connectivity index (χ1n) is 5.83. The Morgan fingerprint density at radius 1 is 1.53 bits per heavy atom. The molecule has 1 heterocycles. The first-order chi connectivity index (χ1) is 8.91. The lowest BCUT2D eigenvalue weighted by Crippen LogP contribution is -2.34. The highest BCUT2D eigenvalue weighted by atomic mass is 79.9. The third-order valence-corrected chi connectivity index (χ3v) is 4.50. The van der Waals surface area contributed by atoms with Crippen LogP contribution in [0.25, 0.3) is 0 Å². The van der Waals surface area contributed by atoms with Crippen LogP contribution in [0.5, 0.6) is 0 Å². The number of halogens is 2. The van der Waals surface area contributed by atoms with Gasteiger partial charge < -0.3 is 14.2 Å². The van der Waals surface area contributed by atoms with Gasteiger partial charge in [-0.25, -0.2) is 4.79 Å². The molecule has 1 rings (SSSR count). The molecule has 0 saturated heterocycles. The largest absolute Gasteiger partial charge is 0.457 e. The van der Waals surface area contributed by atoms with E-state index in [0.717, 1.165) is 6.42 Å². The second kappa shape index (κ2) is 6.85. The molecule has 0 fully saturated rings. The lowest BCUT2D eigenvalue weighted by molar-refractivity contribution is -0.181. The van der Waals surface area contributed by atoms with Crippen LogP contribution in [-0.2, 0) is 23.8 Å². The van der Waals surface area contributed by atoms with Crippen LogP contribution in [0.4, 0.5) is 0 Å². The third kappa shape index (κ3) is 3.38. The normalized spacial score (nSPS) is 24.4. The first-order valence-corrected chi connectivity index (χ1v) is 7.75. The average molecular weight is 400 g/mol. The van der Waals surface area contributed by atoms with Crippen LogP contribution >= 0.6 is 31.9 Å². The molecule has 0 saturated carbocycles. The molecular formula is C12H16Br2O5. The van der Waals surface area contributed by atoms with Crippen LogP contribution in [0.1, 0.15) is 26.7 Å². The smallest absolute Gasteiger partial charge is 0.341 e. The number of hydrogen-bond acceptors (Lipinski definition) is 5. The van der Waals surface area contributed by atoms with E-state index >= 15 is 0 Å². The Hall–Kier alpha value is -0.400. The molecule has 108 valence electrons. The van der Waals surface area contributed by atoms with Crippen molar-refractivity contribution in [3.8, 4) is 0 Å². The summed E-state index contributed by atoms with van der Waals surface area (Å²) in [4.78, 5) is 23.2. The minimum absolute atomic E-state index is 0.283. The molecule has 0 spiro atoms. The summed E-state index contributed by atoms with van der Waals surface area (Å²) in [5, 5.41) is 0.283. The van der Waals surface area contributed by atoms with Gasteiger partial charge in [0.25, 0.3) is 5.79 Å². The number of methoxy groups -OCH3 is 1. The van der Waals surface area contributed by atoms with E-state index in [0.29, 0.717) is 16.5 Å². The number of carbonyl (C=O) groups excluding carboxylic acids is 2. The third-order valence-electron chi connectivity index (χ3n) is 2.74. The Morgan fingerprint density at radius 2 is 2.16 bits per heavy atom. The maximum absolute atomic E-state index is 12.0. The van der Waals surface area contributed by atoms with Crippen LogP contribution in [0, 0.1) is 0 Å². The molecule has 0 aliphatic carbocycles. The fourth-order valence-corrected chi connectivity index (χ4v) is 3.61. The maximum Gasteiger partial charge on any atom is 0.341 e. The van der Waals surface area contributed by atoms with Crippen molar-refractivity contribution in [2.24, 2.45) is 0 Å². The fraction of sp³-hybridized carbons (Fsp3) is 0.667. The number of alkyl halides is 1. The van der Waals surface area contributed by atoms with Crippen LogP contribution in [-0.4, -0.2) is 36.3 Å². The Balaban J connectivity index is 3.15. The number of rotatable bonds is 6. The van der Waals surface area contributed by atoms with Gasteiger partial charge in [0, 0.05) is 14.0 Å². The van der Waals surface area contributed by atoms with E-state index in [-0.39, 0.29) is 5.33 Å². The molecule has 19 heavy (non-hydrogen) atoms. The van der Waals surface area contributed by atoms with Gasteiger partial charge in [-0.15, -0.1) is 0 Å². The SMILES string of the molecule is CCCC(OC(C)=O)C1=C(Br)C(CBr)(OC)OC1=O. The number of carbonyl (C=O) groups is 2. The molecule has 0 aromatic heterocycles. The van der Waals surface area contributed by atoms with Crippen LogP contribution in [0.2, 0.25) is 0 Å². The second-order valence-electron chi connectivity index (χ2n) is 4.09. The predicted molar refractivity (Wildman–Crippen MR) is 76.0 cm³/mol. The van der Waals surface area contributed by atoms with Crippen molar-refractivity contribution in [3.05, 3.63) is 10.1 Å². The van der Waals surface area contributed by atoms with Gasteiger partial charge in [-0.2, -0.15) is 0 Å². The summed E-state index contributed by atoms with van der Waals surface area (Å²) in [5.41, 5.74) is 0.304. The Morgan fingerprint density at radius 3 is 2.53 bits per heavy atom. The lowest BCUT2D eigenvalue weighted by atomic mass is 10.0. The average Bonchev–Trinajstić information content (AvgIpc) is 2.60. The number of cyclic esters (lactones) is 1. The van der Waals surface area contributed by atoms with E-state index in [1.807, 2.05) is 6.92 Å². The van der Waals surface area contributed by atoms with Gasteiger partial charge in [0.15, 0.2) is 0 Å². The van der Waals surface area contributed by atoms with Crippen LogP contribution in [0.3, 0.4) is 0 Å². The maximum atomic E-state index is 12.0. The molecule has 0 aromatic rings. The van der Waals surface area contributed by atoms with E-state index < -0.39 is 23.8 Å². The molecule has 1 aliphatic heterocycles. The highest BCUT2D eigenvalue weighted by molar-refractivity contribution is 9.12. The van der Waals surface area contributed by atoms with Gasteiger partial charge in [0.05, 0.1) is 15.4 Å². The zero-order valence-electron chi connectivity index (χ0n) is 11.0. The predicted octanol–water partition coefficient (Wildman–Crippen LogP) is 2.66. The summed E-state index contributed by atoms with van der Waals surface area (Å²) >= 11 is 6.59. The monoisotopic (exact) mass is 398 g/mol.